The monoisotopic (exact) mass is 303 g/mol. The number of benzene rings is 1. The van der Waals surface area contributed by atoms with Gasteiger partial charge < -0.3 is 9.84 Å². The summed E-state index contributed by atoms with van der Waals surface area (Å²) in [4.78, 5) is 2.31. The summed E-state index contributed by atoms with van der Waals surface area (Å²) in [6, 6.07) is 6.03. The Bertz CT molecular complexity index is 543. The lowest BCUT2D eigenvalue weighted by Gasteiger charge is -2.41. The first kappa shape index (κ1) is 17.0. The van der Waals surface area contributed by atoms with E-state index >= 15 is 0 Å². The Kier molecular flexibility index (Phi) is 4.69. The largest absolute Gasteiger partial charge is 0.491 e. The fraction of sp³-hybridized carbons (Fsp3) is 0.579. The van der Waals surface area contributed by atoms with Crippen LogP contribution in [0.5, 0.6) is 5.75 Å². The van der Waals surface area contributed by atoms with E-state index in [0.29, 0.717) is 13.2 Å². The number of aryl methyl sites for hydroxylation is 2. The van der Waals surface area contributed by atoms with E-state index in [1.165, 1.54) is 11.1 Å². The maximum atomic E-state index is 10.4. The molecule has 0 saturated heterocycles. The van der Waals surface area contributed by atoms with Crippen LogP contribution >= 0.6 is 0 Å². The molecule has 0 amide bonds. The van der Waals surface area contributed by atoms with Gasteiger partial charge in [-0.05, 0) is 64.8 Å². The zero-order chi connectivity index (χ0) is 16.5. The summed E-state index contributed by atoms with van der Waals surface area (Å²) < 4.78 is 5.75. The number of ether oxygens (including phenoxy) is 1. The summed E-state index contributed by atoms with van der Waals surface area (Å²) in [5.74, 6) is 0.820. The molecule has 0 aromatic heterocycles. The molecule has 0 spiro atoms. The first-order valence-corrected chi connectivity index (χ1v) is 7.98. The van der Waals surface area contributed by atoms with Crippen molar-refractivity contribution in [1.82, 2.24) is 4.90 Å². The van der Waals surface area contributed by atoms with Crippen LogP contribution < -0.4 is 4.74 Å². The third-order valence-electron chi connectivity index (χ3n) is 4.60. The second kappa shape index (κ2) is 6.05. The van der Waals surface area contributed by atoms with Crippen molar-refractivity contribution in [2.24, 2.45) is 0 Å². The van der Waals surface area contributed by atoms with Crippen LogP contribution in [0.2, 0.25) is 0 Å². The minimum absolute atomic E-state index is 0.0368. The first-order valence-electron chi connectivity index (χ1n) is 7.98. The lowest BCUT2D eigenvalue weighted by molar-refractivity contribution is 0.0138. The molecule has 0 radical (unpaired) electrons. The normalized spacial score (nSPS) is 21.0. The van der Waals surface area contributed by atoms with Crippen LogP contribution in [0.15, 0.2) is 30.4 Å². The molecule has 1 aliphatic rings. The summed E-state index contributed by atoms with van der Waals surface area (Å²) in [5, 5.41) is 10.4. The third kappa shape index (κ3) is 3.71. The number of nitrogens with zero attached hydrogens (tertiary/aromatic N) is 1. The van der Waals surface area contributed by atoms with Crippen molar-refractivity contribution in [2.75, 3.05) is 13.2 Å². The van der Waals surface area contributed by atoms with Gasteiger partial charge in [0.1, 0.15) is 18.5 Å². The van der Waals surface area contributed by atoms with E-state index in [0.717, 1.165) is 5.75 Å². The van der Waals surface area contributed by atoms with Crippen LogP contribution in [0.4, 0.5) is 0 Å². The molecule has 1 aromatic rings. The summed E-state index contributed by atoms with van der Waals surface area (Å²) in [6.07, 6.45) is 3.91. The number of aliphatic hydroxyl groups is 1. The van der Waals surface area contributed by atoms with Crippen molar-refractivity contribution in [3.8, 4) is 5.75 Å². The highest BCUT2D eigenvalue weighted by molar-refractivity contribution is 5.33. The molecule has 3 heteroatoms. The van der Waals surface area contributed by atoms with E-state index in [4.69, 9.17) is 4.74 Å². The highest BCUT2D eigenvalue weighted by Gasteiger charge is 2.40. The Morgan fingerprint density at radius 3 is 2.18 bits per heavy atom. The van der Waals surface area contributed by atoms with Gasteiger partial charge in [-0.3, -0.25) is 4.90 Å². The number of hydrogen-bond donors (Lipinski definition) is 1. The molecule has 0 fully saturated rings. The van der Waals surface area contributed by atoms with Gasteiger partial charge in [-0.1, -0.05) is 18.2 Å². The van der Waals surface area contributed by atoms with Gasteiger partial charge in [0.15, 0.2) is 0 Å². The SMILES string of the molecule is Cc1ccc(OCC(O)CN2C(C)(C)C=CC2(C)C)cc1C. The van der Waals surface area contributed by atoms with Crippen molar-refractivity contribution in [1.29, 1.82) is 0 Å². The minimum Gasteiger partial charge on any atom is -0.491 e. The maximum absolute atomic E-state index is 10.4. The zero-order valence-electron chi connectivity index (χ0n) is 14.7. The molecule has 122 valence electrons. The molecule has 0 aliphatic carbocycles. The van der Waals surface area contributed by atoms with E-state index in [-0.39, 0.29) is 11.1 Å². The van der Waals surface area contributed by atoms with Crippen LogP contribution in [0, 0.1) is 13.8 Å². The predicted molar refractivity (Wildman–Crippen MR) is 91.4 cm³/mol. The Labute approximate surface area is 134 Å². The van der Waals surface area contributed by atoms with Gasteiger partial charge in [-0.2, -0.15) is 0 Å². The number of rotatable bonds is 5. The molecule has 22 heavy (non-hydrogen) atoms. The molecule has 0 bridgehead atoms. The summed E-state index contributed by atoms with van der Waals surface area (Å²) >= 11 is 0. The Morgan fingerprint density at radius 2 is 1.64 bits per heavy atom. The van der Waals surface area contributed by atoms with Crippen molar-refractivity contribution < 1.29 is 9.84 Å². The summed E-state index contributed by atoms with van der Waals surface area (Å²) in [5.41, 5.74) is 2.38. The lowest BCUT2D eigenvalue weighted by atomic mass is 10.0. The van der Waals surface area contributed by atoms with Crippen molar-refractivity contribution >= 4 is 0 Å². The molecule has 1 aromatic carbocycles. The van der Waals surface area contributed by atoms with E-state index in [9.17, 15) is 5.11 Å². The topological polar surface area (TPSA) is 32.7 Å². The highest BCUT2D eigenvalue weighted by Crippen LogP contribution is 2.34. The van der Waals surface area contributed by atoms with Gasteiger partial charge >= 0.3 is 0 Å². The van der Waals surface area contributed by atoms with Crippen LogP contribution in [-0.4, -0.2) is 40.3 Å². The molecule has 0 saturated carbocycles. The van der Waals surface area contributed by atoms with Crippen LogP contribution in [0.1, 0.15) is 38.8 Å². The smallest absolute Gasteiger partial charge is 0.119 e. The van der Waals surface area contributed by atoms with Gasteiger partial charge in [0.25, 0.3) is 0 Å². The Balaban J connectivity index is 1.93. The van der Waals surface area contributed by atoms with E-state index < -0.39 is 6.10 Å². The van der Waals surface area contributed by atoms with Crippen LogP contribution in [0.25, 0.3) is 0 Å². The van der Waals surface area contributed by atoms with E-state index in [1.807, 2.05) is 18.2 Å². The van der Waals surface area contributed by atoms with Crippen LogP contribution in [-0.2, 0) is 0 Å². The van der Waals surface area contributed by atoms with Crippen LogP contribution in [0.3, 0.4) is 0 Å². The number of aliphatic hydroxyl groups excluding tert-OH is 1. The quantitative estimate of drug-likeness (QED) is 0.845. The molecular weight excluding hydrogens is 274 g/mol. The molecule has 2 rings (SSSR count). The first-order chi connectivity index (χ1) is 10.1. The van der Waals surface area contributed by atoms with Crippen molar-refractivity contribution in [3.63, 3.8) is 0 Å². The second-order valence-electron chi connectivity index (χ2n) is 7.46. The fourth-order valence-corrected chi connectivity index (χ4v) is 3.06. The van der Waals surface area contributed by atoms with E-state index in [1.54, 1.807) is 0 Å². The number of β-amino-alcohol motifs (C(OH)–C–C–N with tert-alkyl or cyclic N) is 1. The Morgan fingerprint density at radius 1 is 1.05 bits per heavy atom. The van der Waals surface area contributed by atoms with Crippen molar-refractivity contribution in [2.45, 2.75) is 58.7 Å². The lowest BCUT2D eigenvalue weighted by Crippen LogP contribution is -2.53. The molecule has 1 heterocycles. The molecule has 1 N–H and O–H groups in total. The standard InChI is InChI=1S/C19H29NO2/c1-14-7-8-17(11-15(14)2)22-13-16(21)12-20-18(3,4)9-10-19(20,5)6/h7-11,16,21H,12-13H2,1-6H3. The highest BCUT2D eigenvalue weighted by atomic mass is 16.5. The molecule has 3 nitrogen and oxygen atoms in total. The molecule has 1 unspecified atom stereocenters. The second-order valence-corrected chi connectivity index (χ2v) is 7.46. The van der Waals surface area contributed by atoms with Gasteiger partial charge in [0, 0.05) is 17.6 Å². The van der Waals surface area contributed by atoms with Gasteiger partial charge in [-0.25, -0.2) is 0 Å². The third-order valence-corrected chi connectivity index (χ3v) is 4.60. The maximum Gasteiger partial charge on any atom is 0.119 e. The van der Waals surface area contributed by atoms with Gasteiger partial charge in [0.05, 0.1) is 0 Å². The summed E-state index contributed by atoms with van der Waals surface area (Å²) in [7, 11) is 0. The van der Waals surface area contributed by atoms with E-state index in [2.05, 4.69) is 58.6 Å². The Hall–Kier alpha value is -1.32. The predicted octanol–water partition coefficient (Wildman–Crippen LogP) is 3.47. The average Bonchev–Trinajstić information content (AvgIpc) is 2.63. The fourth-order valence-electron chi connectivity index (χ4n) is 3.06. The molecule has 1 atom stereocenters. The minimum atomic E-state index is -0.514. The van der Waals surface area contributed by atoms with Crippen molar-refractivity contribution in [3.05, 3.63) is 41.5 Å². The number of hydrogen-bond acceptors (Lipinski definition) is 3. The average molecular weight is 303 g/mol. The molecular formula is C19H29NO2. The molecule has 1 aliphatic heterocycles. The van der Waals surface area contributed by atoms with Gasteiger partial charge in [-0.15, -0.1) is 0 Å². The van der Waals surface area contributed by atoms with Gasteiger partial charge in [0.2, 0.25) is 0 Å². The summed E-state index contributed by atoms with van der Waals surface area (Å²) in [6.45, 7) is 13.8. The zero-order valence-corrected chi connectivity index (χ0v) is 14.7.